The molecule has 0 radical (unpaired) electrons. The topological polar surface area (TPSA) is 89.1 Å². The number of aliphatic imine (C=N–C) groups is 1. The second kappa shape index (κ2) is 7.07. The van der Waals surface area contributed by atoms with E-state index in [4.69, 9.17) is 5.73 Å². The molecule has 2 aliphatic rings. The first-order valence-corrected chi connectivity index (χ1v) is 9.70. The summed E-state index contributed by atoms with van der Waals surface area (Å²) in [6, 6.07) is 7.73. The third kappa shape index (κ3) is 4.04. The number of nitrogen functional groups attached to an aromatic ring is 1. The average Bonchev–Trinajstić information content (AvgIpc) is 3.36. The number of benzene rings is 1. The Labute approximate surface area is 157 Å². The highest BCUT2D eigenvalue weighted by Gasteiger charge is 2.28. The normalized spacial score (nSPS) is 16.6. The summed E-state index contributed by atoms with van der Waals surface area (Å²) in [6.45, 7) is 5.10. The lowest BCUT2D eigenvalue weighted by Crippen LogP contribution is -2.12. The van der Waals surface area contributed by atoms with Crippen molar-refractivity contribution in [3.05, 3.63) is 41.7 Å². The molecule has 1 aliphatic carbocycles. The molecule has 0 unspecified atom stereocenters. The Bertz CT molecular complexity index is 868. The fraction of sp³-hybridized carbons (Fsp3) is 0.368. The molecule has 6 nitrogen and oxygen atoms in total. The van der Waals surface area contributed by atoms with E-state index in [9.17, 15) is 0 Å². The maximum atomic E-state index is 5.76. The van der Waals surface area contributed by atoms with Crippen LogP contribution in [0.2, 0.25) is 0 Å². The van der Waals surface area contributed by atoms with E-state index >= 15 is 0 Å². The lowest BCUT2D eigenvalue weighted by atomic mass is 10.0. The number of hydrogen-bond donors (Lipinski definition) is 2. The molecule has 3 N–H and O–H groups in total. The summed E-state index contributed by atoms with van der Waals surface area (Å²) >= 11 is 1.52. The zero-order chi connectivity index (χ0) is 18.1. The maximum Gasteiger partial charge on any atom is 0.232 e. The Morgan fingerprint density at radius 2 is 1.88 bits per heavy atom. The molecule has 0 saturated heterocycles. The number of nitrogens with zero attached hydrogens (tertiary/aromatic N) is 4. The van der Waals surface area contributed by atoms with Gasteiger partial charge in [-0.3, -0.25) is 4.99 Å². The first-order chi connectivity index (χ1) is 12.6. The van der Waals surface area contributed by atoms with Crippen molar-refractivity contribution in [2.24, 2.45) is 10.9 Å². The van der Waals surface area contributed by atoms with Crippen LogP contribution in [0.1, 0.15) is 38.4 Å². The highest BCUT2D eigenvalue weighted by Crippen LogP contribution is 2.39. The van der Waals surface area contributed by atoms with Gasteiger partial charge in [-0.1, -0.05) is 13.8 Å². The Hall–Kier alpha value is -2.41. The van der Waals surface area contributed by atoms with E-state index in [1.54, 1.807) is 0 Å². The van der Waals surface area contributed by atoms with Gasteiger partial charge < -0.3 is 11.1 Å². The van der Waals surface area contributed by atoms with Gasteiger partial charge in [-0.15, -0.1) is 0 Å². The first-order valence-electron chi connectivity index (χ1n) is 8.88. The Kier molecular flexibility index (Phi) is 4.63. The Balaban J connectivity index is 1.56. The second-order valence-corrected chi connectivity index (χ2v) is 7.99. The molecule has 1 saturated carbocycles. The van der Waals surface area contributed by atoms with Gasteiger partial charge in [-0.2, -0.15) is 9.97 Å². The van der Waals surface area contributed by atoms with Crippen LogP contribution in [0.3, 0.4) is 0 Å². The van der Waals surface area contributed by atoms with Crippen molar-refractivity contribution in [1.29, 1.82) is 0 Å². The zero-order valence-corrected chi connectivity index (χ0v) is 15.8. The summed E-state index contributed by atoms with van der Waals surface area (Å²) in [4.78, 5) is 19.4. The summed E-state index contributed by atoms with van der Waals surface area (Å²) < 4.78 is 0. The van der Waals surface area contributed by atoms with Gasteiger partial charge in [0, 0.05) is 16.5 Å². The summed E-state index contributed by atoms with van der Waals surface area (Å²) in [7, 11) is 0. The maximum absolute atomic E-state index is 5.76. The van der Waals surface area contributed by atoms with Gasteiger partial charge in [-0.05, 0) is 66.4 Å². The SMILES string of the molecule is CC(C)C1=CC(Nc2nc(Sc3ccc(N)cc3)nc(C3CC3)n2)=NC1. The molecule has 7 heteroatoms. The van der Waals surface area contributed by atoms with Crippen LogP contribution in [0.15, 0.2) is 51.0 Å². The smallest absolute Gasteiger partial charge is 0.232 e. The number of nitrogens with two attached hydrogens (primary N) is 1. The van der Waals surface area contributed by atoms with Crippen molar-refractivity contribution in [1.82, 2.24) is 15.0 Å². The molecule has 1 fully saturated rings. The summed E-state index contributed by atoms with van der Waals surface area (Å²) in [5.74, 6) is 3.21. The van der Waals surface area contributed by atoms with Crippen molar-refractivity contribution in [2.45, 2.75) is 42.7 Å². The molecular weight excluding hydrogens is 344 g/mol. The van der Waals surface area contributed by atoms with Crippen LogP contribution >= 0.6 is 11.8 Å². The van der Waals surface area contributed by atoms with Crippen molar-refractivity contribution >= 4 is 29.2 Å². The molecule has 4 rings (SSSR count). The molecule has 1 aliphatic heterocycles. The minimum absolute atomic E-state index is 0.455. The predicted molar refractivity (Wildman–Crippen MR) is 106 cm³/mol. The monoisotopic (exact) mass is 366 g/mol. The van der Waals surface area contributed by atoms with Gasteiger partial charge in [0.1, 0.15) is 11.7 Å². The fourth-order valence-corrected chi connectivity index (χ4v) is 3.38. The molecule has 1 aromatic heterocycles. The van der Waals surface area contributed by atoms with E-state index < -0.39 is 0 Å². The quantitative estimate of drug-likeness (QED) is 0.781. The lowest BCUT2D eigenvalue weighted by Gasteiger charge is -2.08. The molecule has 0 atom stereocenters. The van der Waals surface area contributed by atoms with Crippen molar-refractivity contribution in [3.8, 4) is 0 Å². The van der Waals surface area contributed by atoms with Gasteiger partial charge in [0.25, 0.3) is 0 Å². The zero-order valence-electron chi connectivity index (χ0n) is 14.9. The number of rotatable bonds is 5. The minimum atomic E-state index is 0.455. The number of aromatic nitrogens is 3. The van der Waals surface area contributed by atoms with Crippen molar-refractivity contribution in [2.75, 3.05) is 17.6 Å². The van der Waals surface area contributed by atoms with Gasteiger partial charge in [0.05, 0.1) is 6.54 Å². The van der Waals surface area contributed by atoms with E-state index in [1.165, 1.54) is 17.3 Å². The van der Waals surface area contributed by atoms with Gasteiger partial charge in [0.2, 0.25) is 5.95 Å². The van der Waals surface area contributed by atoms with Crippen LogP contribution in [0.4, 0.5) is 11.6 Å². The minimum Gasteiger partial charge on any atom is -0.399 e. The predicted octanol–water partition coefficient (Wildman–Crippen LogP) is 3.89. The fourth-order valence-electron chi connectivity index (χ4n) is 2.62. The van der Waals surface area contributed by atoms with E-state index in [0.717, 1.165) is 41.6 Å². The highest BCUT2D eigenvalue weighted by atomic mass is 32.2. The lowest BCUT2D eigenvalue weighted by molar-refractivity contribution is 0.754. The summed E-state index contributed by atoms with van der Waals surface area (Å²) in [6.07, 6.45) is 4.39. The standard InChI is InChI=1S/C19H22N6S/c1-11(2)13-9-16(21-10-13)22-18-23-17(12-3-4-12)24-19(25-18)26-15-7-5-14(20)6-8-15/h5-9,11-12H,3-4,10,20H2,1-2H3,(H,21,22,23,24,25). The molecule has 0 spiro atoms. The Morgan fingerprint density at radius 1 is 1.12 bits per heavy atom. The highest BCUT2D eigenvalue weighted by molar-refractivity contribution is 7.99. The third-order valence-electron chi connectivity index (χ3n) is 4.40. The summed E-state index contributed by atoms with van der Waals surface area (Å²) in [5, 5.41) is 3.96. The first kappa shape index (κ1) is 17.0. The van der Waals surface area contributed by atoms with E-state index in [2.05, 4.69) is 45.2 Å². The second-order valence-electron chi connectivity index (χ2n) is 6.95. The number of anilines is 2. The molecule has 0 bridgehead atoms. The molecule has 26 heavy (non-hydrogen) atoms. The van der Waals surface area contributed by atoms with Crippen molar-refractivity contribution in [3.63, 3.8) is 0 Å². The van der Waals surface area contributed by atoms with Gasteiger partial charge >= 0.3 is 0 Å². The third-order valence-corrected chi connectivity index (χ3v) is 5.27. The van der Waals surface area contributed by atoms with Gasteiger partial charge in [0.15, 0.2) is 5.16 Å². The largest absolute Gasteiger partial charge is 0.399 e. The molecule has 1 aromatic carbocycles. The van der Waals surface area contributed by atoms with Crippen LogP contribution in [-0.4, -0.2) is 27.3 Å². The van der Waals surface area contributed by atoms with Crippen molar-refractivity contribution < 1.29 is 0 Å². The molecular formula is C19H22N6S. The van der Waals surface area contributed by atoms with Crippen LogP contribution in [-0.2, 0) is 0 Å². The Morgan fingerprint density at radius 3 is 2.54 bits per heavy atom. The van der Waals surface area contributed by atoms with E-state index in [0.29, 0.717) is 22.9 Å². The van der Waals surface area contributed by atoms with Crippen LogP contribution < -0.4 is 11.1 Å². The summed E-state index contributed by atoms with van der Waals surface area (Å²) in [5.41, 5.74) is 7.83. The van der Waals surface area contributed by atoms with Crippen LogP contribution in [0.25, 0.3) is 0 Å². The molecule has 134 valence electrons. The molecule has 2 heterocycles. The van der Waals surface area contributed by atoms with Crippen LogP contribution in [0.5, 0.6) is 0 Å². The van der Waals surface area contributed by atoms with E-state index in [-0.39, 0.29) is 0 Å². The molecule has 2 aromatic rings. The number of hydrogen-bond acceptors (Lipinski definition) is 7. The average molecular weight is 366 g/mol. The van der Waals surface area contributed by atoms with Crippen LogP contribution in [0, 0.1) is 5.92 Å². The number of amidine groups is 1. The molecule has 0 amide bonds. The number of nitrogens with one attached hydrogen (secondary N) is 1. The van der Waals surface area contributed by atoms with E-state index in [1.807, 2.05) is 24.3 Å². The van der Waals surface area contributed by atoms with Gasteiger partial charge in [-0.25, -0.2) is 4.98 Å².